The van der Waals surface area contributed by atoms with E-state index in [1.165, 1.54) is 4.90 Å². The van der Waals surface area contributed by atoms with Crippen molar-refractivity contribution in [2.75, 3.05) is 18.5 Å². The van der Waals surface area contributed by atoms with Crippen LogP contribution in [0, 0.1) is 5.92 Å². The van der Waals surface area contributed by atoms with Crippen molar-refractivity contribution in [2.45, 2.75) is 56.8 Å². The number of carboxylic acids is 1. The lowest BCUT2D eigenvalue weighted by Gasteiger charge is -2.29. The molecule has 2 aromatic heterocycles. The number of carbonyl (C=O) groups excluding carboxylic acids is 2. The van der Waals surface area contributed by atoms with Crippen molar-refractivity contribution in [1.29, 1.82) is 0 Å². The van der Waals surface area contributed by atoms with E-state index in [9.17, 15) is 18.8 Å². The van der Waals surface area contributed by atoms with Crippen molar-refractivity contribution in [1.82, 2.24) is 14.5 Å². The Morgan fingerprint density at radius 1 is 1.15 bits per heavy atom. The summed E-state index contributed by atoms with van der Waals surface area (Å²) in [6, 6.07) is 10.4. The van der Waals surface area contributed by atoms with E-state index < -0.39 is 18.2 Å². The van der Waals surface area contributed by atoms with Crippen LogP contribution in [0.25, 0.3) is 10.9 Å². The molecule has 1 saturated heterocycles. The molecule has 212 valence electrons. The van der Waals surface area contributed by atoms with Gasteiger partial charge >= 0.3 is 5.97 Å². The number of anilines is 1. The van der Waals surface area contributed by atoms with E-state index >= 15 is 0 Å². The second-order valence-electron chi connectivity index (χ2n) is 10.6. The Labute approximate surface area is 236 Å². The van der Waals surface area contributed by atoms with Crippen molar-refractivity contribution in [3.8, 4) is 0 Å². The van der Waals surface area contributed by atoms with E-state index in [0.717, 1.165) is 10.9 Å². The van der Waals surface area contributed by atoms with Crippen molar-refractivity contribution in [3.05, 3.63) is 59.0 Å². The number of hydrogen-bond acceptors (Lipinski definition) is 5. The van der Waals surface area contributed by atoms with Crippen LogP contribution in [0.15, 0.2) is 42.6 Å². The highest BCUT2D eigenvalue weighted by Crippen LogP contribution is 2.29. The van der Waals surface area contributed by atoms with E-state index in [0.29, 0.717) is 42.6 Å². The number of rotatable bonds is 8. The molecule has 11 heteroatoms. The highest BCUT2D eigenvalue weighted by Gasteiger charge is 2.36. The smallest absolute Gasteiger partial charge is 0.306 e. The van der Waals surface area contributed by atoms with Crippen LogP contribution in [0.1, 0.15) is 48.2 Å². The Kier molecular flexibility index (Phi) is 8.37. The summed E-state index contributed by atoms with van der Waals surface area (Å²) in [6.07, 6.45) is 3.07. The van der Waals surface area contributed by atoms with Crippen LogP contribution in [0.4, 0.5) is 10.1 Å². The molecule has 2 fully saturated rings. The Balaban J connectivity index is 1.18. The van der Waals surface area contributed by atoms with Crippen LogP contribution >= 0.6 is 11.6 Å². The zero-order valence-electron chi connectivity index (χ0n) is 22.2. The van der Waals surface area contributed by atoms with Gasteiger partial charge in [-0.15, -0.1) is 0 Å². The van der Waals surface area contributed by atoms with E-state index in [-0.39, 0.29) is 55.0 Å². The molecule has 5 rings (SSSR count). The predicted octanol–water partition coefficient (Wildman–Crippen LogP) is 4.62. The number of nitrogens with one attached hydrogen (secondary N) is 1. The molecular weight excluding hydrogens is 539 g/mol. The molecule has 3 aromatic rings. The third-order valence-corrected chi connectivity index (χ3v) is 8.15. The summed E-state index contributed by atoms with van der Waals surface area (Å²) < 4.78 is 22.2. The first-order chi connectivity index (χ1) is 19.2. The van der Waals surface area contributed by atoms with Crippen LogP contribution < -0.4 is 5.32 Å². The van der Waals surface area contributed by atoms with Gasteiger partial charge in [-0.25, -0.2) is 9.37 Å². The van der Waals surface area contributed by atoms with E-state index in [1.807, 2.05) is 35.9 Å². The first kappa shape index (κ1) is 28.0. The molecule has 0 bridgehead atoms. The summed E-state index contributed by atoms with van der Waals surface area (Å²) in [4.78, 5) is 43.1. The number of para-hydroxylation sites is 1. The van der Waals surface area contributed by atoms with Gasteiger partial charge in [0.1, 0.15) is 6.17 Å². The van der Waals surface area contributed by atoms with Crippen molar-refractivity contribution in [2.24, 2.45) is 13.0 Å². The second kappa shape index (κ2) is 11.9. The average Bonchev–Trinajstić information content (AvgIpc) is 3.48. The molecule has 9 nitrogen and oxygen atoms in total. The molecule has 1 saturated carbocycles. The van der Waals surface area contributed by atoms with Gasteiger partial charge in [0.05, 0.1) is 54.6 Å². The minimum Gasteiger partial charge on any atom is -0.481 e. The van der Waals surface area contributed by atoms with E-state index in [1.54, 1.807) is 18.3 Å². The van der Waals surface area contributed by atoms with Gasteiger partial charge < -0.3 is 24.6 Å². The molecule has 1 aliphatic carbocycles. The summed E-state index contributed by atoms with van der Waals surface area (Å²) in [5.41, 5.74) is 2.17. The summed E-state index contributed by atoms with van der Waals surface area (Å²) in [6.45, 7) is 0.202. The van der Waals surface area contributed by atoms with Crippen molar-refractivity contribution >= 4 is 46.0 Å². The number of likely N-dealkylation sites (tertiary alicyclic amines) is 1. The molecular formula is C29H32ClFN4O5. The Morgan fingerprint density at radius 2 is 1.90 bits per heavy atom. The van der Waals surface area contributed by atoms with Crippen LogP contribution in [0.5, 0.6) is 0 Å². The number of halogens is 2. The number of aliphatic carboxylic acids is 1. The number of hydrogen-bond donors (Lipinski definition) is 2. The molecule has 2 amide bonds. The fourth-order valence-electron chi connectivity index (χ4n) is 5.68. The quantitative estimate of drug-likeness (QED) is 0.382. The van der Waals surface area contributed by atoms with Gasteiger partial charge in [-0.1, -0.05) is 29.8 Å². The van der Waals surface area contributed by atoms with Gasteiger partial charge in [-0.05, 0) is 43.9 Å². The van der Waals surface area contributed by atoms with Gasteiger partial charge in [-0.3, -0.25) is 14.4 Å². The summed E-state index contributed by atoms with van der Waals surface area (Å²) in [7, 11) is 1.87. The normalized spacial score (nSPS) is 22.9. The summed E-state index contributed by atoms with van der Waals surface area (Å²) >= 11 is 6.37. The minimum absolute atomic E-state index is 0.00841. The fourth-order valence-corrected chi connectivity index (χ4v) is 5.90. The van der Waals surface area contributed by atoms with Crippen molar-refractivity contribution < 1.29 is 28.6 Å². The first-order valence-electron chi connectivity index (χ1n) is 13.5. The van der Waals surface area contributed by atoms with Gasteiger partial charge in [-0.2, -0.15) is 0 Å². The van der Waals surface area contributed by atoms with Crippen LogP contribution in [-0.4, -0.2) is 68.8 Å². The first-order valence-corrected chi connectivity index (χ1v) is 13.9. The number of aromatic nitrogens is 2. The number of nitrogens with zero attached hydrogens (tertiary/aromatic N) is 3. The molecule has 2 N–H and O–H groups in total. The largest absolute Gasteiger partial charge is 0.481 e. The zero-order valence-corrected chi connectivity index (χ0v) is 22.9. The maximum absolute atomic E-state index is 14.3. The number of alkyl halides is 1. The van der Waals surface area contributed by atoms with Gasteiger partial charge in [0.2, 0.25) is 5.91 Å². The number of amides is 2. The third-order valence-electron chi connectivity index (χ3n) is 7.86. The van der Waals surface area contributed by atoms with Gasteiger partial charge in [0.15, 0.2) is 5.15 Å². The topological polar surface area (TPSA) is 114 Å². The second-order valence-corrected chi connectivity index (χ2v) is 11.0. The Bertz CT molecular complexity index is 1420. The molecule has 1 aromatic carbocycles. The molecule has 2 aliphatic rings. The number of carboxylic acid groups (broad SMARTS) is 1. The fraction of sp³-hybridized carbons (Fsp3) is 0.448. The number of fused-ring (bicyclic) bond motifs is 1. The minimum atomic E-state index is -1.14. The molecule has 0 spiro atoms. The maximum Gasteiger partial charge on any atom is 0.306 e. The van der Waals surface area contributed by atoms with Crippen molar-refractivity contribution in [3.63, 3.8) is 0 Å². The zero-order chi connectivity index (χ0) is 28.4. The SMILES string of the molecule is Cn1cc(C(=O)Nc2ccc(CC(=O)N3C[C@@H](F)C[C@H]3CO[C@H]3CC[C@H](C(=O)O)CC3)nc2Cl)c2ccccc21. The lowest BCUT2D eigenvalue weighted by atomic mass is 9.87. The monoisotopic (exact) mass is 570 g/mol. The molecule has 2 atom stereocenters. The molecule has 3 heterocycles. The van der Waals surface area contributed by atoms with Crippen LogP contribution in [0.2, 0.25) is 5.15 Å². The lowest BCUT2D eigenvalue weighted by Crippen LogP contribution is -2.40. The average molecular weight is 571 g/mol. The van der Waals surface area contributed by atoms with Gasteiger partial charge in [0.25, 0.3) is 5.91 Å². The maximum atomic E-state index is 14.3. The highest BCUT2D eigenvalue weighted by atomic mass is 35.5. The Morgan fingerprint density at radius 3 is 2.62 bits per heavy atom. The molecule has 0 radical (unpaired) electrons. The van der Waals surface area contributed by atoms with Gasteiger partial charge in [0, 0.05) is 30.6 Å². The molecule has 0 unspecified atom stereocenters. The van der Waals surface area contributed by atoms with E-state index in [2.05, 4.69) is 10.3 Å². The number of benzene rings is 1. The standard InChI is InChI=1S/C29H32ClFN4O5/c1-34-15-23(22-4-2-3-5-25(22)34)28(37)33-24-11-8-19(32-27(24)30)13-26(36)35-14-18(31)12-20(35)16-40-21-9-6-17(7-10-21)29(38)39/h2-5,8,11,15,17-18,20-21H,6-7,9-10,12-14,16H2,1H3,(H,33,37)(H,38,39)/t17-,18-,20-,21-/m0/s1. The van der Waals surface area contributed by atoms with Crippen LogP contribution in [0.3, 0.4) is 0 Å². The molecule has 40 heavy (non-hydrogen) atoms. The predicted molar refractivity (Wildman–Crippen MR) is 148 cm³/mol. The van der Waals surface area contributed by atoms with Crippen LogP contribution in [-0.2, 0) is 27.8 Å². The number of ether oxygens (including phenoxy) is 1. The number of carbonyl (C=O) groups is 3. The third kappa shape index (κ3) is 6.13. The lowest BCUT2D eigenvalue weighted by molar-refractivity contribution is -0.144. The number of aryl methyl sites for hydroxylation is 1. The van der Waals surface area contributed by atoms with E-state index in [4.69, 9.17) is 21.4 Å². The number of pyridine rings is 1. The highest BCUT2D eigenvalue weighted by molar-refractivity contribution is 6.32. The summed E-state index contributed by atoms with van der Waals surface area (Å²) in [5, 5.41) is 12.8. The summed E-state index contributed by atoms with van der Waals surface area (Å²) in [5.74, 6) is -1.72. The molecule has 1 aliphatic heterocycles. The Hall–Kier alpha value is -3.50.